The maximum Gasteiger partial charge on any atom is 0.307 e. The number of ether oxygens (including phenoxy) is 1. The number of hydrogen-bond donors (Lipinski definition) is 1. The van der Waals surface area contributed by atoms with Crippen LogP contribution in [0.3, 0.4) is 0 Å². The summed E-state index contributed by atoms with van der Waals surface area (Å²) in [4.78, 5) is 25.4. The molecule has 1 aliphatic rings. The van der Waals surface area contributed by atoms with E-state index < -0.39 is 5.97 Å². The monoisotopic (exact) mass is 291 g/mol. The molecule has 0 bridgehead atoms. The number of methoxy groups -OCH3 is 1. The summed E-state index contributed by atoms with van der Waals surface area (Å²) < 4.78 is 5.19. The number of carbonyl (C=O) groups is 2. The number of carboxylic acids is 1. The molecule has 0 aliphatic carbocycles. The minimum Gasteiger partial charge on any atom is -0.496 e. The van der Waals surface area contributed by atoms with Gasteiger partial charge < -0.3 is 14.7 Å². The fourth-order valence-electron chi connectivity index (χ4n) is 2.73. The molecule has 1 aromatic carbocycles. The largest absolute Gasteiger partial charge is 0.496 e. The molecule has 1 fully saturated rings. The normalized spacial score (nSPS) is 19.2. The standard InChI is InChI=1S/C16H21NO4/c1-21-15-7-3-2-6-13(15)14(18)8-10-17-9-4-5-12(11-17)16(19)20/h2-3,6-7,12H,4-5,8-11H2,1H3,(H,19,20). The van der Waals surface area contributed by atoms with Crippen molar-refractivity contribution < 1.29 is 19.4 Å². The van der Waals surface area contributed by atoms with Crippen molar-refractivity contribution in [3.8, 4) is 5.75 Å². The second-order valence-corrected chi connectivity index (χ2v) is 5.35. The number of ketones is 1. The Kier molecular flexibility index (Phi) is 5.33. The molecule has 1 N–H and O–H groups in total. The SMILES string of the molecule is COc1ccccc1C(=O)CCN1CCCC(C(=O)O)C1. The van der Waals surface area contributed by atoms with Gasteiger partial charge in [-0.05, 0) is 31.5 Å². The first-order valence-corrected chi connectivity index (χ1v) is 7.23. The lowest BCUT2D eigenvalue weighted by Gasteiger charge is -2.30. The Bertz CT molecular complexity index is 515. The molecule has 1 unspecified atom stereocenters. The summed E-state index contributed by atoms with van der Waals surface area (Å²) in [6.07, 6.45) is 1.98. The highest BCUT2D eigenvalue weighted by atomic mass is 16.5. The van der Waals surface area contributed by atoms with Gasteiger partial charge in [-0.1, -0.05) is 12.1 Å². The van der Waals surface area contributed by atoms with Crippen LogP contribution in [0.4, 0.5) is 0 Å². The van der Waals surface area contributed by atoms with E-state index in [1.807, 2.05) is 12.1 Å². The van der Waals surface area contributed by atoms with Gasteiger partial charge in [0.15, 0.2) is 5.78 Å². The van der Waals surface area contributed by atoms with Crippen LogP contribution in [0, 0.1) is 5.92 Å². The zero-order valence-corrected chi connectivity index (χ0v) is 12.2. The van der Waals surface area contributed by atoms with E-state index in [4.69, 9.17) is 9.84 Å². The number of para-hydroxylation sites is 1. The van der Waals surface area contributed by atoms with Gasteiger partial charge in [-0.3, -0.25) is 9.59 Å². The van der Waals surface area contributed by atoms with Crippen molar-refractivity contribution in [1.82, 2.24) is 4.90 Å². The molecule has 1 aromatic rings. The lowest BCUT2D eigenvalue weighted by atomic mass is 9.98. The molecule has 0 amide bonds. The van der Waals surface area contributed by atoms with Crippen LogP contribution in [-0.2, 0) is 4.79 Å². The first kappa shape index (κ1) is 15.5. The van der Waals surface area contributed by atoms with Crippen LogP contribution in [0.2, 0.25) is 0 Å². The van der Waals surface area contributed by atoms with Crippen LogP contribution in [0.5, 0.6) is 5.75 Å². The van der Waals surface area contributed by atoms with Gasteiger partial charge in [0.2, 0.25) is 0 Å². The van der Waals surface area contributed by atoms with Crippen LogP contribution in [-0.4, -0.2) is 48.5 Å². The molecule has 21 heavy (non-hydrogen) atoms. The van der Waals surface area contributed by atoms with E-state index in [2.05, 4.69) is 4.90 Å². The second-order valence-electron chi connectivity index (χ2n) is 5.35. The number of piperidine rings is 1. The third-order valence-corrected chi connectivity index (χ3v) is 3.92. The summed E-state index contributed by atoms with van der Waals surface area (Å²) in [6.45, 7) is 2.00. The molecular weight excluding hydrogens is 270 g/mol. The lowest BCUT2D eigenvalue weighted by Crippen LogP contribution is -2.39. The maximum atomic E-state index is 12.3. The number of likely N-dealkylation sites (tertiary alicyclic amines) is 1. The number of carbonyl (C=O) groups excluding carboxylic acids is 1. The highest BCUT2D eigenvalue weighted by molar-refractivity contribution is 5.98. The van der Waals surface area contributed by atoms with Gasteiger partial charge in [0.25, 0.3) is 0 Å². The van der Waals surface area contributed by atoms with E-state index in [1.54, 1.807) is 19.2 Å². The van der Waals surface area contributed by atoms with Crippen LogP contribution in [0.1, 0.15) is 29.6 Å². The average Bonchev–Trinajstić information content (AvgIpc) is 2.52. The summed E-state index contributed by atoms with van der Waals surface area (Å²) >= 11 is 0. The van der Waals surface area contributed by atoms with Crippen molar-refractivity contribution >= 4 is 11.8 Å². The Balaban J connectivity index is 1.90. The first-order valence-electron chi connectivity index (χ1n) is 7.23. The number of hydrogen-bond acceptors (Lipinski definition) is 4. The smallest absolute Gasteiger partial charge is 0.307 e. The molecule has 0 radical (unpaired) electrons. The summed E-state index contributed by atoms with van der Waals surface area (Å²) in [7, 11) is 1.55. The van der Waals surface area contributed by atoms with Gasteiger partial charge in [-0.25, -0.2) is 0 Å². The molecule has 5 nitrogen and oxygen atoms in total. The highest BCUT2D eigenvalue weighted by Crippen LogP contribution is 2.20. The summed E-state index contributed by atoms with van der Waals surface area (Å²) in [5, 5.41) is 9.07. The molecule has 114 valence electrons. The van der Waals surface area contributed by atoms with E-state index in [0.29, 0.717) is 30.8 Å². The maximum absolute atomic E-state index is 12.3. The van der Waals surface area contributed by atoms with Gasteiger partial charge in [-0.2, -0.15) is 0 Å². The Morgan fingerprint density at radius 3 is 2.86 bits per heavy atom. The fourth-order valence-corrected chi connectivity index (χ4v) is 2.73. The third kappa shape index (κ3) is 4.04. The number of rotatable bonds is 6. The van der Waals surface area contributed by atoms with Crippen molar-refractivity contribution in [1.29, 1.82) is 0 Å². The Morgan fingerprint density at radius 2 is 2.14 bits per heavy atom. The van der Waals surface area contributed by atoms with E-state index >= 15 is 0 Å². The lowest BCUT2D eigenvalue weighted by molar-refractivity contribution is -0.143. The van der Waals surface area contributed by atoms with E-state index in [0.717, 1.165) is 19.4 Å². The molecule has 0 spiro atoms. The van der Waals surface area contributed by atoms with Crippen molar-refractivity contribution in [2.75, 3.05) is 26.7 Å². The molecule has 1 heterocycles. The van der Waals surface area contributed by atoms with Gasteiger partial charge in [-0.15, -0.1) is 0 Å². The predicted octanol–water partition coefficient (Wildman–Crippen LogP) is 2.06. The molecule has 1 saturated heterocycles. The average molecular weight is 291 g/mol. The van der Waals surface area contributed by atoms with Crippen LogP contribution >= 0.6 is 0 Å². The van der Waals surface area contributed by atoms with Crippen molar-refractivity contribution in [3.63, 3.8) is 0 Å². The minimum absolute atomic E-state index is 0.0323. The zero-order valence-electron chi connectivity index (χ0n) is 12.2. The third-order valence-electron chi connectivity index (χ3n) is 3.92. The minimum atomic E-state index is -0.740. The van der Waals surface area contributed by atoms with Gasteiger partial charge in [0.05, 0.1) is 18.6 Å². The Morgan fingerprint density at radius 1 is 1.38 bits per heavy atom. The van der Waals surface area contributed by atoms with Gasteiger partial charge in [0.1, 0.15) is 5.75 Å². The summed E-state index contributed by atoms with van der Waals surface area (Å²) in [5.74, 6) is -0.426. The number of benzene rings is 1. The van der Waals surface area contributed by atoms with Crippen LogP contribution in [0.25, 0.3) is 0 Å². The molecule has 5 heteroatoms. The molecule has 1 atom stereocenters. The van der Waals surface area contributed by atoms with Crippen LogP contribution < -0.4 is 4.74 Å². The highest BCUT2D eigenvalue weighted by Gasteiger charge is 2.25. The molecule has 0 aromatic heterocycles. The number of carboxylic acid groups (broad SMARTS) is 1. The topological polar surface area (TPSA) is 66.8 Å². The van der Waals surface area contributed by atoms with Crippen molar-refractivity contribution in [2.24, 2.45) is 5.92 Å². The fraction of sp³-hybridized carbons (Fsp3) is 0.500. The quantitative estimate of drug-likeness (QED) is 0.813. The molecule has 0 saturated carbocycles. The zero-order chi connectivity index (χ0) is 15.2. The summed E-state index contributed by atoms with van der Waals surface area (Å²) in [5.41, 5.74) is 0.590. The van der Waals surface area contributed by atoms with Crippen molar-refractivity contribution in [3.05, 3.63) is 29.8 Å². The number of nitrogens with zero attached hydrogens (tertiary/aromatic N) is 1. The molecule has 2 rings (SSSR count). The van der Waals surface area contributed by atoms with Crippen LogP contribution in [0.15, 0.2) is 24.3 Å². The second kappa shape index (κ2) is 7.22. The Labute approximate surface area is 124 Å². The van der Waals surface area contributed by atoms with E-state index in [-0.39, 0.29) is 11.7 Å². The Hall–Kier alpha value is -1.88. The number of aliphatic carboxylic acids is 1. The first-order chi connectivity index (χ1) is 10.1. The van der Waals surface area contributed by atoms with Crippen molar-refractivity contribution in [2.45, 2.75) is 19.3 Å². The molecule has 1 aliphatic heterocycles. The van der Waals surface area contributed by atoms with E-state index in [9.17, 15) is 9.59 Å². The summed E-state index contributed by atoms with van der Waals surface area (Å²) in [6, 6.07) is 7.18. The predicted molar refractivity (Wildman–Crippen MR) is 78.7 cm³/mol. The molecular formula is C16H21NO4. The number of Topliss-reactive ketones (excluding diaryl/α,β-unsaturated/α-hetero) is 1. The van der Waals surface area contributed by atoms with Gasteiger partial charge >= 0.3 is 5.97 Å². The van der Waals surface area contributed by atoms with E-state index in [1.165, 1.54) is 0 Å². The van der Waals surface area contributed by atoms with Gasteiger partial charge in [0, 0.05) is 19.5 Å².